The Kier molecular flexibility index (Phi) is 8.94. The summed E-state index contributed by atoms with van der Waals surface area (Å²) in [5, 5.41) is 13.7. The van der Waals surface area contributed by atoms with Crippen LogP contribution in [0.3, 0.4) is 0 Å². The lowest BCUT2D eigenvalue weighted by Gasteiger charge is -2.35. The van der Waals surface area contributed by atoms with Gasteiger partial charge in [0.05, 0.1) is 13.2 Å². The van der Waals surface area contributed by atoms with E-state index in [1.165, 1.54) is 0 Å². The van der Waals surface area contributed by atoms with Crippen molar-refractivity contribution in [2.45, 2.75) is 51.9 Å². The lowest BCUT2D eigenvalue weighted by molar-refractivity contribution is -0.119. The molecule has 2 atom stereocenters. The van der Waals surface area contributed by atoms with Crippen LogP contribution < -0.4 is 10.1 Å². The first-order valence-electron chi connectivity index (χ1n) is 11.8. The summed E-state index contributed by atoms with van der Waals surface area (Å²) in [4.78, 5) is 26.9. The molecule has 1 aromatic carbocycles. The van der Waals surface area contributed by atoms with E-state index in [0.29, 0.717) is 24.1 Å². The van der Waals surface area contributed by atoms with Gasteiger partial charge in [0.1, 0.15) is 5.75 Å². The zero-order valence-electron chi connectivity index (χ0n) is 20.6. The Balaban J connectivity index is 1.37. The number of hydroxylamine groups is 2. The SMILES string of the molecule is Cc1cc(OCCCC2CCN(C3N=C(N(C)C)ON3C)CC2)ccc1C(=O)N[C@H](C)CO. The van der Waals surface area contributed by atoms with E-state index in [0.717, 1.165) is 50.1 Å². The van der Waals surface area contributed by atoms with Gasteiger partial charge in [0.15, 0.2) is 6.29 Å². The normalized spacial score (nSPS) is 20.8. The maximum absolute atomic E-state index is 12.3. The van der Waals surface area contributed by atoms with E-state index < -0.39 is 0 Å². The molecule has 2 aliphatic heterocycles. The van der Waals surface area contributed by atoms with Gasteiger partial charge >= 0.3 is 6.02 Å². The van der Waals surface area contributed by atoms with Gasteiger partial charge in [0, 0.05) is 45.8 Å². The highest BCUT2D eigenvalue weighted by atomic mass is 16.7. The number of rotatable bonds is 9. The van der Waals surface area contributed by atoms with Gasteiger partial charge in [0.2, 0.25) is 0 Å². The zero-order chi connectivity index (χ0) is 24.0. The highest BCUT2D eigenvalue weighted by Gasteiger charge is 2.33. The van der Waals surface area contributed by atoms with Crippen LogP contribution in [0.2, 0.25) is 0 Å². The largest absolute Gasteiger partial charge is 0.494 e. The predicted molar refractivity (Wildman–Crippen MR) is 128 cm³/mol. The van der Waals surface area contributed by atoms with E-state index in [1.54, 1.807) is 13.0 Å². The third-order valence-corrected chi connectivity index (χ3v) is 6.25. The second-order valence-electron chi connectivity index (χ2n) is 9.29. The topological polar surface area (TPSA) is 89.9 Å². The Morgan fingerprint density at radius 2 is 2.09 bits per heavy atom. The van der Waals surface area contributed by atoms with Gasteiger partial charge in [0.25, 0.3) is 5.91 Å². The van der Waals surface area contributed by atoms with E-state index in [-0.39, 0.29) is 24.8 Å². The standard InChI is InChI=1S/C24H39N5O4/c1-17-15-20(8-9-21(17)22(31)25-18(2)16-30)32-14-6-7-19-10-12-29(13-11-19)23-26-24(27(3)4)33-28(23)5/h8-9,15,18-19,23,30H,6-7,10-14,16H2,1-5H3,(H,25,31)/t18-,23?/m1/s1. The summed E-state index contributed by atoms with van der Waals surface area (Å²) in [7, 11) is 5.81. The molecule has 9 heteroatoms. The van der Waals surface area contributed by atoms with Crippen LogP contribution in [0.15, 0.2) is 23.2 Å². The fraction of sp³-hybridized carbons (Fsp3) is 0.667. The van der Waals surface area contributed by atoms with E-state index in [9.17, 15) is 4.79 Å². The number of nitrogens with zero attached hydrogens (tertiary/aromatic N) is 4. The highest BCUT2D eigenvalue weighted by Crippen LogP contribution is 2.26. The molecule has 184 valence electrons. The number of carbonyl (C=O) groups is 1. The first-order valence-corrected chi connectivity index (χ1v) is 11.8. The van der Waals surface area contributed by atoms with Crippen molar-refractivity contribution in [1.29, 1.82) is 0 Å². The number of hydrogen-bond acceptors (Lipinski definition) is 8. The van der Waals surface area contributed by atoms with Crippen molar-refractivity contribution in [3.05, 3.63) is 29.3 Å². The molecule has 1 amide bonds. The third-order valence-electron chi connectivity index (χ3n) is 6.25. The molecule has 0 saturated carbocycles. The fourth-order valence-electron chi connectivity index (χ4n) is 4.25. The average molecular weight is 462 g/mol. The molecule has 1 unspecified atom stereocenters. The van der Waals surface area contributed by atoms with Crippen molar-refractivity contribution in [2.24, 2.45) is 10.9 Å². The van der Waals surface area contributed by atoms with Crippen molar-refractivity contribution >= 4 is 11.9 Å². The summed E-state index contributed by atoms with van der Waals surface area (Å²) in [6, 6.07) is 5.92. The molecular formula is C24H39N5O4. The molecule has 0 spiro atoms. The monoisotopic (exact) mass is 461 g/mol. The van der Waals surface area contributed by atoms with Crippen molar-refractivity contribution < 1.29 is 19.5 Å². The molecule has 0 aliphatic carbocycles. The summed E-state index contributed by atoms with van der Waals surface area (Å²) in [5.41, 5.74) is 1.47. The molecular weight excluding hydrogens is 422 g/mol. The molecule has 3 rings (SSSR count). The number of aliphatic imine (C=N–C) groups is 1. The molecule has 2 aliphatic rings. The predicted octanol–water partition coefficient (Wildman–Crippen LogP) is 2.05. The Bertz CT molecular complexity index is 823. The first-order chi connectivity index (χ1) is 15.8. The molecule has 1 aromatic rings. The second-order valence-corrected chi connectivity index (χ2v) is 9.29. The van der Waals surface area contributed by atoms with Crippen molar-refractivity contribution in [3.8, 4) is 5.75 Å². The van der Waals surface area contributed by atoms with Gasteiger partial charge in [-0.3, -0.25) is 9.69 Å². The van der Waals surface area contributed by atoms with E-state index in [4.69, 9.17) is 14.7 Å². The van der Waals surface area contributed by atoms with Crippen LogP contribution in [0.1, 0.15) is 48.5 Å². The minimum Gasteiger partial charge on any atom is -0.494 e. The summed E-state index contributed by atoms with van der Waals surface area (Å²) in [6.07, 6.45) is 4.44. The maximum atomic E-state index is 12.3. The molecule has 0 radical (unpaired) electrons. The highest BCUT2D eigenvalue weighted by molar-refractivity contribution is 5.95. The molecule has 1 fully saturated rings. The maximum Gasteiger partial charge on any atom is 0.310 e. The van der Waals surface area contributed by atoms with Crippen LogP contribution in [0, 0.1) is 12.8 Å². The van der Waals surface area contributed by atoms with Crippen LogP contribution in [-0.4, -0.2) is 91.7 Å². The summed E-state index contributed by atoms with van der Waals surface area (Å²) >= 11 is 0. The fourth-order valence-corrected chi connectivity index (χ4v) is 4.25. The lowest BCUT2D eigenvalue weighted by atomic mass is 9.92. The Labute approximate surface area is 197 Å². The Morgan fingerprint density at radius 1 is 1.36 bits per heavy atom. The van der Waals surface area contributed by atoms with Gasteiger partial charge in [-0.15, -0.1) is 5.06 Å². The smallest absolute Gasteiger partial charge is 0.310 e. The van der Waals surface area contributed by atoms with Gasteiger partial charge < -0.3 is 24.9 Å². The number of aliphatic hydroxyl groups is 1. The molecule has 0 bridgehead atoms. The van der Waals surface area contributed by atoms with Crippen LogP contribution in [0.4, 0.5) is 0 Å². The summed E-state index contributed by atoms with van der Waals surface area (Å²) in [5.74, 6) is 1.31. The number of carbonyl (C=O) groups excluding carboxylic acids is 1. The zero-order valence-corrected chi connectivity index (χ0v) is 20.6. The molecule has 2 N–H and O–H groups in total. The van der Waals surface area contributed by atoms with Crippen LogP contribution in [0.5, 0.6) is 5.75 Å². The number of benzene rings is 1. The third kappa shape index (κ3) is 6.82. The number of likely N-dealkylation sites (tertiary alicyclic amines) is 1. The minimum absolute atomic E-state index is 0.0353. The van der Waals surface area contributed by atoms with Crippen LogP contribution >= 0.6 is 0 Å². The van der Waals surface area contributed by atoms with E-state index in [1.807, 2.05) is 50.2 Å². The molecule has 1 saturated heterocycles. The van der Waals surface area contributed by atoms with Gasteiger partial charge in [-0.1, -0.05) is 0 Å². The minimum atomic E-state index is -0.268. The van der Waals surface area contributed by atoms with Gasteiger partial charge in [-0.25, -0.2) is 0 Å². The Hall–Kier alpha value is -2.36. The number of amidine groups is 1. The van der Waals surface area contributed by atoms with Crippen molar-refractivity contribution in [1.82, 2.24) is 20.2 Å². The number of piperidine rings is 1. The quantitative estimate of drug-likeness (QED) is 0.544. The van der Waals surface area contributed by atoms with Crippen LogP contribution in [-0.2, 0) is 4.84 Å². The summed E-state index contributed by atoms with van der Waals surface area (Å²) < 4.78 is 5.94. The van der Waals surface area contributed by atoms with Gasteiger partial charge in [-0.05, 0) is 69.2 Å². The number of aliphatic hydroxyl groups excluding tert-OH is 1. The molecule has 2 heterocycles. The number of aryl methyl sites for hydroxylation is 1. The second kappa shape index (κ2) is 11.7. The molecule has 33 heavy (non-hydrogen) atoms. The Morgan fingerprint density at radius 3 is 2.70 bits per heavy atom. The van der Waals surface area contributed by atoms with E-state index >= 15 is 0 Å². The molecule has 9 nitrogen and oxygen atoms in total. The number of amides is 1. The summed E-state index contributed by atoms with van der Waals surface area (Å²) in [6.45, 7) is 6.30. The molecule has 0 aromatic heterocycles. The van der Waals surface area contributed by atoms with E-state index in [2.05, 4.69) is 15.2 Å². The average Bonchev–Trinajstić information content (AvgIpc) is 3.19. The number of hydrogen-bond donors (Lipinski definition) is 2. The number of nitrogens with one attached hydrogen (secondary N) is 1. The van der Waals surface area contributed by atoms with Crippen molar-refractivity contribution in [2.75, 3.05) is 47.4 Å². The van der Waals surface area contributed by atoms with Crippen LogP contribution in [0.25, 0.3) is 0 Å². The lowest BCUT2D eigenvalue weighted by Crippen LogP contribution is -2.46. The van der Waals surface area contributed by atoms with Crippen molar-refractivity contribution in [3.63, 3.8) is 0 Å². The van der Waals surface area contributed by atoms with Gasteiger partial charge in [-0.2, -0.15) is 4.99 Å². The first kappa shape index (κ1) is 25.3. The number of ether oxygens (including phenoxy) is 1.